The van der Waals surface area contributed by atoms with Gasteiger partial charge < -0.3 is 9.13 Å². The van der Waals surface area contributed by atoms with Gasteiger partial charge >= 0.3 is 0 Å². The molecule has 62 heavy (non-hydrogen) atoms. The quantitative estimate of drug-likeness (QED) is 0.174. The van der Waals surface area contributed by atoms with Crippen molar-refractivity contribution in [3.05, 3.63) is 164 Å². The average Bonchev–Trinajstić information content (AvgIpc) is 3.97. The van der Waals surface area contributed by atoms with E-state index in [1.807, 2.05) is 11.3 Å². The Bertz CT molecular complexity index is 3540. The van der Waals surface area contributed by atoms with E-state index in [9.17, 15) is 0 Å². The highest BCUT2D eigenvalue weighted by Gasteiger charge is 2.44. The van der Waals surface area contributed by atoms with Gasteiger partial charge in [0.05, 0.1) is 22.1 Å². The van der Waals surface area contributed by atoms with Crippen LogP contribution in [0.25, 0.3) is 97.9 Å². The Morgan fingerprint density at radius 3 is 1.76 bits per heavy atom. The van der Waals surface area contributed by atoms with E-state index in [-0.39, 0.29) is 5.41 Å². The number of rotatable bonds is 5. The molecule has 2 bridgehead atoms. The molecule has 2 aliphatic rings. The number of para-hydroxylation sites is 3. The number of nitrogens with zero attached hydrogens (tertiary/aromatic N) is 5. The van der Waals surface area contributed by atoms with E-state index in [0.29, 0.717) is 0 Å². The lowest BCUT2D eigenvalue weighted by Gasteiger charge is -2.46. The van der Waals surface area contributed by atoms with Gasteiger partial charge in [0.1, 0.15) is 5.82 Å². The van der Waals surface area contributed by atoms with Crippen molar-refractivity contribution in [2.75, 3.05) is 0 Å². The van der Waals surface area contributed by atoms with E-state index in [1.165, 1.54) is 83.0 Å². The summed E-state index contributed by atoms with van der Waals surface area (Å²) in [5.41, 5.74) is 9.00. The zero-order chi connectivity index (χ0) is 41.1. The first-order valence-electron chi connectivity index (χ1n) is 22.3. The number of fused-ring (bicyclic) bond motifs is 14. The molecular weight excluding hydrogens is 775 g/mol. The maximum Gasteiger partial charge on any atom is 0.163 e. The molecule has 4 aromatic heterocycles. The lowest BCUT2D eigenvalue weighted by atomic mass is 9.59. The summed E-state index contributed by atoms with van der Waals surface area (Å²) in [6.45, 7) is 4.87. The van der Waals surface area contributed by atoms with Crippen molar-refractivity contribution in [2.24, 2.45) is 17.8 Å². The standard InChI is InChI=1S/C56H45N5S/c1-34-28-35-30-36(29-34)33-56(2,32-35)55-58-53(37-16-5-3-6-17-37)57-54(59-55)38-18-15-21-40(31-38)61-45-26-13-10-23-42(45)48-50(61)47-41-22-9-12-25-44(41)60(39-19-7-4-8-20-39)51(47)49-43-24-11-14-27-46(43)62-52(48)49/h3-27,31,34-36H,28-30,32-33H2,1-2H3. The molecular formula is C56H45N5S. The molecule has 2 saturated carbocycles. The Morgan fingerprint density at radius 1 is 0.516 bits per heavy atom. The highest BCUT2D eigenvalue weighted by Crippen LogP contribution is 2.53. The van der Waals surface area contributed by atoms with Crippen molar-refractivity contribution in [2.45, 2.75) is 51.4 Å². The second kappa shape index (κ2) is 13.7. The number of benzene rings is 7. The molecule has 2 unspecified atom stereocenters. The Morgan fingerprint density at radius 2 is 1.05 bits per heavy atom. The zero-order valence-corrected chi connectivity index (χ0v) is 35.7. The third kappa shape index (κ3) is 5.42. The summed E-state index contributed by atoms with van der Waals surface area (Å²) in [7, 11) is 0. The first-order chi connectivity index (χ1) is 30.5. The predicted molar refractivity (Wildman–Crippen MR) is 259 cm³/mol. The van der Waals surface area contributed by atoms with Crippen molar-refractivity contribution >= 4 is 75.1 Å². The van der Waals surface area contributed by atoms with Gasteiger partial charge in [-0.15, -0.1) is 11.3 Å². The van der Waals surface area contributed by atoms with Crippen LogP contribution in [0.2, 0.25) is 0 Å². The second-order valence-corrected chi connectivity index (χ2v) is 19.6. The van der Waals surface area contributed by atoms with Gasteiger partial charge in [-0.25, -0.2) is 15.0 Å². The molecule has 6 heteroatoms. The molecule has 0 radical (unpaired) electrons. The van der Waals surface area contributed by atoms with Gasteiger partial charge in [-0.2, -0.15) is 0 Å². The van der Waals surface area contributed by atoms with Crippen LogP contribution in [0.3, 0.4) is 0 Å². The zero-order valence-electron chi connectivity index (χ0n) is 34.9. The third-order valence-electron chi connectivity index (χ3n) is 14.2. The molecule has 2 aliphatic carbocycles. The minimum absolute atomic E-state index is 0.104. The molecule has 7 aromatic carbocycles. The molecule has 0 saturated heterocycles. The summed E-state index contributed by atoms with van der Waals surface area (Å²) in [6.07, 6.45) is 6.22. The third-order valence-corrected chi connectivity index (χ3v) is 15.4. The molecule has 13 rings (SSSR count). The molecule has 2 fully saturated rings. The van der Waals surface area contributed by atoms with Crippen molar-refractivity contribution in [1.82, 2.24) is 24.1 Å². The van der Waals surface area contributed by atoms with Gasteiger partial charge in [0.2, 0.25) is 0 Å². The second-order valence-electron chi connectivity index (χ2n) is 18.5. The summed E-state index contributed by atoms with van der Waals surface area (Å²) in [4.78, 5) is 16.1. The molecule has 300 valence electrons. The number of hydrogen-bond acceptors (Lipinski definition) is 4. The molecule has 5 nitrogen and oxygen atoms in total. The summed E-state index contributed by atoms with van der Waals surface area (Å²) in [5, 5.41) is 7.65. The van der Waals surface area contributed by atoms with Gasteiger partial charge in [-0.05, 0) is 92.3 Å². The van der Waals surface area contributed by atoms with Crippen LogP contribution < -0.4 is 0 Å². The number of thiophene rings is 1. The van der Waals surface area contributed by atoms with E-state index in [1.54, 1.807) is 0 Å². The molecule has 4 heterocycles. The van der Waals surface area contributed by atoms with Crippen LogP contribution in [0.4, 0.5) is 0 Å². The fourth-order valence-electron chi connectivity index (χ4n) is 12.0. The van der Waals surface area contributed by atoms with E-state index < -0.39 is 0 Å². The Labute approximate surface area is 364 Å². The smallest absolute Gasteiger partial charge is 0.163 e. The van der Waals surface area contributed by atoms with Crippen LogP contribution in [0.15, 0.2) is 158 Å². The summed E-state index contributed by atoms with van der Waals surface area (Å²) in [5.74, 6) is 4.67. The molecule has 2 atom stereocenters. The predicted octanol–water partition coefficient (Wildman–Crippen LogP) is 14.9. The fourth-order valence-corrected chi connectivity index (χ4v) is 13.3. The van der Waals surface area contributed by atoms with Gasteiger partial charge in [0.25, 0.3) is 0 Å². The minimum atomic E-state index is -0.104. The monoisotopic (exact) mass is 819 g/mol. The van der Waals surface area contributed by atoms with Crippen molar-refractivity contribution < 1.29 is 0 Å². The number of aromatic nitrogens is 5. The van der Waals surface area contributed by atoms with Crippen LogP contribution in [0, 0.1) is 17.8 Å². The SMILES string of the molecule is CC1CC2CC(C1)CC(C)(c1nc(-c3ccccc3)nc(-c3cccc(-n4c5ccccc5c5c6sc7ccccc7c6c6c(c7ccccc7n6-c6ccccc6)c54)c3)n1)C2. The lowest BCUT2D eigenvalue weighted by Crippen LogP contribution is -2.40. The van der Waals surface area contributed by atoms with Crippen molar-refractivity contribution in [1.29, 1.82) is 0 Å². The van der Waals surface area contributed by atoms with Crippen molar-refractivity contribution in [3.8, 4) is 34.2 Å². The Balaban J connectivity index is 1.10. The van der Waals surface area contributed by atoms with Crippen LogP contribution >= 0.6 is 11.3 Å². The maximum absolute atomic E-state index is 5.48. The van der Waals surface area contributed by atoms with Gasteiger partial charge in [-0.3, -0.25) is 0 Å². The van der Waals surface area contributed by atoms with Crippen LogP contribution in [0.5, 0.6) is 0 Å². The Kier molecular flexibility index (Phi) is 7.96. The van der Waals surface area contributed by atoms with E-state index in [4.69, 9.17) is 15.0 Å². The minimum Gasteiger partial charge on any atom is -0.308 e. The van der Waals surface area contributed by atoms with Gasteiger partial charge in [-0.1, -0.05) is 129 Å². The summed E-state index contributed by atoms with van der Waals surface area (Å²) < 4.78 is 7.63. The van der Waals surface area contributed by atoms with Crippen LogP contribution in [-0.2, 0) is 5.41 Å². The average molecular weight is 820 g/mol. The van der Waals surface area contributed by atoms with Gasteiger partial charge in [0, 0.05) is 69.6 Å². The summed E-state index contributed by atoms with van der Waals surface area (Å²) >= 11 is 1.91. The lowest BCUT2D eigenvalue weighted by molar-refractivity contribution is 0.0857. The van der Waals surface area contributed by atoms with Crippen LogP contribution in [-0.4, -0.2) is 24.1 Å². The Hall–Kier alpha value is -6.63. The van der Waals surface area contributed by atoms with E-state index in [2.05, 4.69) is 181 Å². The normalized spacial score (nSPS) is 20.3. The van der Waals surface area contributed by atoms with E-state index in [0.717, 1.165) is 70.6 Å². The largest absolute Gasteiger partial charge is 0.308 e. The molecule has 11 aromatic rings. The van der Waals surface area contributed by atoms with Gasteiger partial charge in [0.15, 0.2) is 11.6 Å². The molecule has 0 amide bonds. The first-order valence-corrected chi connectivity index (χ1v) is 23.1. The maximum atomic E-state index is 5.48. The highest BCUT2D eigenvalue weighted by atomic mass is 32.1. The number of hydrogen-bond donors (Lipinski definition) is 0. The molecule has 0 aliphatic heterocycles. The van der Waals surface area contributed by atoms with E-state index >= 15 is 0 Å². The van der Waals surface area contributed by atoms with Crippen molar-refractivity contribution in [3.63, 3.8) is 0 Å². The molecule has 0 spiro atoms. The molecule has 0 N–H and O–H groups in total. The topological polar surface area (TPSA) is 48.5 Å². The first kappa shape index (κ1) is 36.1. The van der Waals surface area contributed by atoms with Crippen LogP contribution in [0.1, 0.15) is 51.8 Å². The fraction of sp³-hybridized carbons (Fsp3) is 0.196. The summed E-state index contributed by atoms with van der Waals surface area (Å²) in [6, 6.07) is 57.2. The highest BCUT2D eigenvalue weighted by molar-refractivity contribution is 7.27.